The van der Waals surface area contributed by atoms with Crippen molar-refractivity contribution in [2.75, 3.05) is 16.4 Å². The average Bonchev–Trinajstić information content (AvgIpc) is 2.75. The smallest absolute Gasteiger partial charge is 0.228 e. The zero-order chi connectivity index (χ0) is 15.1. The first-order valence-corrected chi connectivity index (χ1v) is 6.39. The summed E-state index contributed by atoms with van der Waals surface area (Å²) in [6, 6.07) is 5.46. The Hall–Kier alpha value is -2.63. The Morgan fingerprint density at radius 1 is 1.14 bits per heavy atom. The second kappa shape index (κ2) is 4.73. The Kier molecular flexibility index (Phi) is 3.01. The quantitative estimate of drug-likeness (QED) is 0.744. The lowest BCUT2D eigenvalue weighted by molar-refractivity contribution is -0.115. The molecule has 1 aliphatic rings. The molecular weight excluding hydrogens is 276 g/mol. The number of nitrogen functional groups attached to an aromatic ring is 1. The third kappa shape index (κ3) is 2.40. The number of nitrogens with one attached hydrogen (secondary N) is 2. The number of aryl methyl sites for hydroxylation is 1. The van der Waals surface area contributed by atoms with Crippen LogP contribution in [0.15, 0.2) is 24.3 Å². The summed E-state index contributed by atoms with van der Waals surface area (Å²) in [5, 5.41) is 5.45. The first kappa shape index (κ1) is 13.4. The molecule has 0 unspecified atom stereocenters. The van der Waals surface area contributed by atoms with Crippen LogP contribution in [0.2, 0.25) is 0 Å². The van der Waals surface area contributed by atoms with Gasteiger partial charge in [-0.15, -0.1) is 0 Å². The lowest BCUT2D eigenvalue weighted by atomic mass is 10.1. The highest BCUT2D eigenvalue weighted by Crippen LogP contribution is 2.34. The van der Waals surface area contributed by atoms with Gasteiger partial charge in [0, 0.05) is 11.8 Å². The molecule has 2 aromatic rings. The van der Waals surface area contributed by atoms with Crippen LogP contribution in [-0.4, -0.2) is 5.91 Å². The van der Waals surface area contributed by atoms with E-state index in [0.717, 1.165) is 17.7 Å². The van der Waals surface area contributed by atoms with Crippen LogP contribution in [0, 0.1) is 18.6 Å². The van der Waals surface area contributed by atoms with E-state index in [-0.39, 0.29) is 23.6 Å². The molecule has 3 rings (SSSR count). The van der Waals surface area contributed by atoms with E-state index in [1.54, 1.807) is 12.1 Å². The monoisotopic (exact) mass is 289 g/mol. The number of benzene rings is 2. The Bertz CT molecular complexity index is 759. The second-order valence-corrected chi connectivity index (χ2v) is 5.03. The van der Waals surface area contributed by atoms with Gasteiger partial charge in [0.1, 0.15) is 11.6 Å². The van der Waals surface area contributed by atoms with Gasteiger partial charge < -0.3 is 16.4 Å². The van der Waals surface area contributed by atoms with Gasteiger partial charge in [-0.2, -0.15) is 0 Å². The molecule has 0 aliphatic carbocycles. The number of carbonyl (C=O) groups is 1. The highest BCUT2D eigenvalue weighted by Gasteiger charge is 2.19. The predicted molar refractivity (Wildman–Crippen MR) is 77.6 cm³/mol. The summed E-state index contributed by atoms with van der Waals surface area (Å²) in [5.41, 5.74) is 8.31. The number of nitrogens with two attached hydrogens (primary N) is 1. The Morgan fingerprint density at radius 3 is 2.67 bits per heavy atom. The van der Waals surface area contributed by atoms with Gasteiger partial charge in [0.05, 0.1) is 23.5 Å². The fraction of sp³-hybridized carbons (Fsp3) is 0.133. The minimum absolute atomic E-state index is 0.00549. The Labute approximate surface area is 120 Å². The number of amides is 1. The third-order valence-corrected chi connectivity index (χ3v) is 3.42. The molecule has 4 N–H and O–H groups in total. The first-order valence-electron chi connectivity index (χ1n) is 6.39. The van der Waals surface area contributed by atoms with E-state index in [9.17, 15) is 13.6 Å². The van der Waals surface area contributed by atoms with Crippen LogP contribution < -0.4 is 16.4 Å². The first-order chi connectivity index (χ1) is 9.94. The number of halogens is 2. The van der Waals surface area contributed by atoms with Gasteiger partial charge in [0.15, 0.2) is 0 Å². The van der Waals surface area contributed by atoms with Crippen molar-refractivity contribution in [1.82, 2.24) is 0 Å². The van der Waals surface area contributed by atoms with Crippen molar-refractivity contribution in [3.63, 3.8) is 0 Å². The molecule has 0 aromatic heterocycles. The standard InChI is InChI=1S/C15H13F2N3O/c1-7-2-10(17)13(5-9(7)16)19-14-6-12-8(3-11(14)18)4-15(21)20-12/h2-3,5-6,19H,4,18H2,1H3,(H,20,21). The summed E-state index contributed by atoms with van der Waals surface area (Å²) in [7, 11) is 0. The molecule has 0 saturated heterocycles. The minimum atomic E-state index is -0.571. The summed E-state index contributed by atoms with van der Waals surface area (Å²) in [5.74, 6) is -1.20. The van der Waals surface area contributed by atoms with Crippen molar-refractivity contribution < 1.29 is 13.6 Å². The Morgan fingerprint density at radius 2 is 1.90 bits per heavy atom. The number of rotatable bonds is 2. The summed E-state index contributed by atoms with van der Waals surface area (Å²) in [6.07, 6.45) is 0.271. The van der Waals surface area contributed by atoms with Crippen LogP contribution in [0.5, 0.6) is 0 Å². The lowest BCUT2D eigenvalue weighted by Gasteiger charge is -2.13. The summed E-state index contributed by atoms with van der Waals surface area (Å²) >= 11 is 0. The third-order valence-electron chi connectivity index (χ3n) is 3.42. The zero-order valence-electron chi connectivity index (χ0n) is 11.3. The van der Waals surface area contributed by atoms with Gasteiger partial charge in [-0.1, -0.05) is 0 Å². The average molecular weight is 289 g/mol. The summed E-state index contributed by atoms with van der Waals surface area (Å²) in [6.45, 7) is 1.49. The van der Waals surface area contributed by atoms with Gasteiger partial charge in [0.2, 0.25) is 5.91 Å². The number of fused-ring (bicyclic) bond motifs is 1. The predicted octanol–water partition coefficient (Wildman–Crippen LogP) is 3.09. The molecule has 0 saturated carbocycles. The van der Waals surface area contributed by atoms with Crippen LogP contribution in [0.3, 0.4) is 0 Å². The van der Waals surface area contributed by atoms with Gasteiger partial charge in [0.25, 0.3) is 0 Å². The van der Waals surface area contributed by atoms with Crippen LogP contribution in [0.1, 0.15) is 11.1 Å². The van der Waals surface area contributed by atoms with E-state index < -0.39 is 11.6 Å². The van der Waals surface area contributed by atoms with Gasteiger partial charge in [-0.25, -0.2) is 8.78 Å². The molecular formula is C15H13F2N3O. The van der Waals surface area contributed by atoms with Gasteiger partial charge in [-0.3, -0.25) is 4.79 Å². The number of anilines is 4. The molecule has 108 valence electrons. The summed E-state index contributed by atoms with van der Waals surface area (Å²) < 4.78 is 27.4. The van der Waals surface area contributed by atoms with Crippen LogP contribution in [-0.2, 0) is 11.2 Å². The van der Waals surface area contributed by atoms with E-state index >= 15 is 0 Å². The lowest BCUT2D eigenvalue weighted by Crippen LogP contribution is -2.04. The molecule has 1 amide bonds. The Balaban J connectivity index is 1.98. The van der Waals surface area contributed by atoms with E-state index in [1.165, 1.54) is 6.92 Å². The van der Waals surface area contributed by atoms with Crippen molar-refractivity contribution in [2.24, 2.45) is 0 Å². The largest absolute Gasteiger partial charge is 0.397 e. The molecule has 0 spiro atoms. The van der Waals surface area contributed by atoms with Crippen LogP contribution in [0.4, 0.5) is 31.5 Å². The molecule has 1 aliphatic heterocycles. The molecule has 0 radical (unpaired) electrons. The number of hydrogen-bond donors (Lipinski definition) is 3. The second-order valence-electron chi connectivity index (χ2n) is 5.03. The molecule has 0 atom stereocenters. The topological polar surface area (TPSA) is 67.1 Å². The number of hydrogen-bond acceptors (Lipinski definition) is 3. The highest BCUT2D eigenvalue weighted by atomic mass is 19.1. The van der Waals surface area contributed by atoms with Crippen LogP contribution in [0.25, 0.3) is 0 Å². The van der Waals surface area contributed by atoms with Gasteiger partial charge >= 0.3 is 0 Å². The van der Waals surface area contributed by atoms with E-state index in [2.05, 4.69) is 10.6 Å². The fourth-order valence-corrected chi connectivity index (χ4v) is 2.29. The maximum Gasteiger partial charge on any atom is 0.228 e. The normalized spacial score (nSPS) is 13.0. The maximum absolute atomic E-state index is 13.8. The zero-order valence-corrected chi connectivity index (χ0v) is 11.3. The van der Waals surface area contributed by atoms with Crippen molar-refractivity contribution in [3.8, 4) is 0 Å². The molecule has 0 fully saturated rings. The molecule has 4 nitrogen and oxygen atoms in total. The summed E-state index contributed by atoms with van der Waals surface area (Å²) in [4.78, 5) is 11.3. The van der Waals surface area contributed by atoms with Crippen molar-refractivity contribution >= 4 is 28.7 Å². The van der Waals surface area contributed by atoms with Gasteiger partial charge in [-0.05, 0) is 36.2 Å². The maximum atomic E-state index is 13.8. The fourth-order valence-electron chi connectivity index (χ4n) is 2.29. The minimum Gasteiger partial charge on any atom is -0.397 e. The molecule has 1 heterocycles. The van der Waals surface area contributed by atoms with Crippen molar-refractivity contribution in [3.05, 3.63) is 47.0 Å². The van der Waals surface area contributed by atoms with Crippen LogP contribution >= 0.6 is 0 Å². The molecule has 21 heavy (non-hydrogen) atoms. The number of carbonyl (C=O) groups excluding carboxylic acids is 1. The van der Waals surface area contributed by atoms with Crippen molar-refractivity contribution in [2.45, 2.75) is 13.3 Å². The molecule has 6 heteroatoms. The van der Waals surface area contributed by atoms with E-state index in [4.69, 9.17) is 5.73 Å². The van der Waals surface area contributed by atoms with E-state index in [1.807, 2.05) is 0 Å². The molecule has 0 bridgehead atoms. The molecule has 2 aromatic carbocycles. The van der Waals surface area contributed by atoms with Crippen molar-refractivity contribution in [1.29, 1.82) is 0 Å². The van der Waals surface area contributed by atoms with E-state index in [0.29, 0.717) is 17.1 Å². The highest BCUT2D eigenvalue weighted by molar-refractivity contribution is 6.01. The SMILES string of the molecule is Cc1cc(F)c(Nc2cc3c(cc2N)CC(=O)N3)cc1F.